The molecule has 22 nitrogen and oxygen atoms in total. The van der Waals surface area contributed by atoms with E-state index in [1.54, 1.807) is 24.7 Å². The predicted molar refractivity (Wildman–Crippen MR) is 351 cm³/mol. The number of pyridine rings is 3. The number of nitrogen functional groups attached to an aromatic ring is 3. The number of ether oxygens (including phenoxy) is 3. The molecule has 0 bridgehead atoms. The maximum absolute atomic E-state index is 7.00. The van der Waals surface area contributed by atoms with Crippen LogP contribution in [0.25, 0.3) is 77.7 Å². The molecule has 4 fully saturated rings. The van der Waals surface area contributed by atoms with Crippen LogP contribution in [0.15, 0.2) is 139 Å². The van der Waals surface area contributed by atoms with E-state index in [2.05, 4.69) is 112 Å². The first-order chi connectivity index (χ1) is 43.2. The molecule has 12 heterocycles. The number of nitrogens with two attached hydrogens (primary N) is 3. The maximum atomic E-state index is 7.00. The quantitative estimate of drug-likeness (QED) is 0.0771. The third-order valence-corrected chi connectivity index (χ3v) is 17.2. The lowest BCUT2D eigenvalue weighted by atomic mass is 9.84. The standard InChI is InChI=1S/C25H28N6O2.C15H12N6.C14H23BN2O3.C9H6BrClN2.CH4O/c26-23-16-19(22-10-12-28-31(22)25-6-2-4-14-33-25)18-8-7-17(15-20(18)29-23)21-9-11-27-30(21)24-5-1-3-13-32-24;16-15-8-11(13-4-6-18-21-13)10-2-1-9(7-14(10)19-15)12-3-5-17-20-12;1-13(2)14(3,4)20-15(19-13)11-8-9-16-17(11)12-7-5-6-10-18-12;10-5-1-2-6-7(11)4-9(12)13-8(6)3-5;1-2/h7-12,15-16,24-25H,1-6,13-14H2,(H2,26,29);1-8H,(H2,16,19)(H,17,20)(H,18,21);8-9,12H,5-7,10H2,1-4H3;1-4H,(H2,12,13);2H,1H3. The number of hydrogen-bond acceptors (Lipinski definition) is 17. The minimum atomic E-state index is -0.381. The number of aliphatic hydroxyl groups excluding tert-OH is 1. The molecule has 0 saturated carbocycles. The lowest BCUT2D eigenvalue weighted by Gasteiger charge is -2.32. The highest BCUT2D eigenvalue weighted by atomic mass is 79.9. The average molecular weight is 1290 g/mol. The monoisotopic (exact) mass is 1290 g/mol. The van der Waals surface area contributed by atoms with Crippen molar-refractivity contribution < 1.29 is 28.6 Å². The first kappa shape index (κ1) is 62.5. The number of anilines is 3. The summed E-state index contributed by atoms with van der Waals surface area (Å²) in [7, 11) is 0.619. The van der Waals surface area contributed by atoms with Crippen molar-refractivity contribution in [1.82, 2.24) is 64.7 Å². The number of halogens is 2. The molecule has 4 aliphatic rings. The van der Waals surface area contributed by atoms with E-state index in [0.29, 0.717) is 22.5 Å². The summed E-state index contributed by atoms with van der Waals surface area (Å²) in [6.45, 7) is 10.6. The van der Waals surface area contributed by atoms with Gasteiger partial charge in [-0.3, -0.25) is 10.2 Å². The lowest BCUT2D eigenvalue weighted by molar-refractivity contribution is -0.0384. The van der Waals surface area contributed by atoms with E-state index in [4.69, 9.17) is 57.4 Å². The molecule has 0 amide bonds. The molecule has 25 heteroatoms. The molecule has 0 aliphatic carbocycles. The van der Waals surface area contributed by atoms with Crippen molar-refractivity contribution in [3.8, 4) is 45.0 Å². The van der Waals surface area contributed by atoms with Crippen molar-refractivity contribution in [1.29, 1.82) is 0 Å². The second-order valence-corrected chi connectivity index (χ2v) is 24.2. The van der Waals surface area contributed by atoms with E-state index >= 15 is 0 Å². The van der Waals surface area contributed by atoms with Crippen LogP contribution in [-0.4, -0.2) is 115 Å². The Balaban J connectivity index is 0.000000128. The van der Waals surface area contributed by atoms with Crippen LogP contribution in [0.1, 0.15) is 104 Å². The number of H-pyrrole nitrogens is 2. The van der Waals surface area contributed by atoms with Gasteiger partial charge in [0.1, 0.15) is 23.7 Å². The number of benzene rings is 3. The van der Waals surface area contributed by atoms with Gasteiger partial charge in [-0.2, -0.15) is 25.5 Å². The number of rotatable bonds is 8. The summed E-state index contributed by atoms with van der Waals surface area (Å²) >= 11 is 9.34. The van der Waals surface area contributed by atoms with Gasteiger partial charge in [0, 0.05) is 101 Å². The van der Waals surface area contributed by atoms with Crippen LogP contribution >= 0.6 is 27.5 Å². The fourth-order valence-electron chi connectivity index (χ4n) is 11.3. The zero-order valence-electron chi connectivity index (χ0n) is 50.4. The summed E-state index contributed by atoms with van der Waals surface area (Å²) < 4.78 is 36.8. The molecule has 4 aliphatic heterocycles. The van der Waals surface area contributed by atoms with E-state index in [9.17, 15) is 0 Å². The smallest absolute Gasteiger partial charge is 0.400 e. The van der Waals surface area contributed by atoms with Crippen LogP contribution in [-0.2, 0) is 23.5 Å². The van der Waals surface area contributed by atoms with Crippen molar-refractivity contribution in [2.24, 2.45) is 0 Å². The zero-order chi connectivity index (χ0) is 62.2. The molecule has 11 aromatic rings. The number of nitrogens with zero attached hydrogens (tertiary/aromatic N) is 11. The molecule has 0 radical (unpaired) electrons. The predicted octanol–water partition coefficient (Wildman–Crippen LogP) is 12.3. The molecule has 89 heavy (non-hydrogen) atoms. The van der Waals surface area contributed by atoms with Gasteiger partial charge in [0.25, 0.3) is 0 Å². The Morgan fingerprint density at radius 2 is 0.989 bits per heavy atom. The molecule has 8 aromatic heterocycles. The Labute approximate surface area is 529 Å². The molecule has 4 saturated heterocycles. The second kappa shape index (κ2) is 27.8. The molecular weight excluding hydrogens is 1210 g/mol. The fourth-order valence-corrected chi connectivity index (χ4v) is 11.9. The Bertz CT molecular complexity index is 4120. The van der Waals surface area contributed by atoms with Crippen LogP contribution < -0.4 is 22.8 Å². The molecule has 0 spiro atoms. The van der Waals surface area contributed by atoms with Gasteiger partial charge in [-0.05, 0) is 158 Å². The van der Waals surface area contributed by atoms with Crippen molar-refractivity contribution in [2.45, 2.75) is 115 Å². The van der Waals surface area contributed by atoms with Gasteiger partial charge in [-0.15, -0.1) is 0 Å². The number of aromatic amines is 2. The molecule has 9 N–H and O–H groups in total. The summed E-state index contributed by atoms with van der Waals surface area (Å²) in [5, 5.41) is 38.0. The first-order valence-corrected chi connectivity index (χ1v) is 31.0. The summed E-state index contributed by atoms with van der Waals surface area (Å²) in [6.07, 6.45) is 18.6. The van der Waals surface area contributed by atoms with Gasteiger partial charge in [-0.1, -0.05) is 57.9 Å². The molecule has 462 valence electrons. The SMILES string of the molecule is CC1(C)OB(c2ccnn2C2CCCCO2)OC1(C)C.CO.Nc1cc(-c2ccn[nH]2)c2ccc(-c3ccn[nH]3)cc2n1.Nc1cc(-c2ccnn2C2CCCCO2)c2ccc(-c3ccnn3C3CCCCO3)cc2n1.Nc1cc(Cl)c2ccc(Br)cc2n1. The van der Waals surface area contributed by atoms with Crippen molar-refractivity contribution in [3.63, 3.8) is 0 Å². The summed E-state index contributed by atoms with van der Waals surface area (Å²) in [5.74, 6) is 1.40. The molecule has 3 atom stereocenters. The topological polar surface area (TPSA) is 294 Å². The van der Waals surface area contributed by atoms with Crippen LogP contribution in [0.5, 0.6) is 0 Å². The van der Waals surface area contributed by atoms with E-state index in [0.717, 1.165) is 166 Å². The van der Waals surface area contributed by atoms with Gasteiger partial charge in [0.2, 0.25) is 0 Å². The van der Waals surface area contributed by atoms with Crippen molar-refractivity contribution in [3.05, 3.63) is 144 Å². The zero-order valence-corrected chi connectivity index (χ0v) is 52.7. The highest BCUT2D eigenvalue weighted by Gasteiger charge is 2.53. The number of aromatic nitrogens is 13. The third kappa shape index (κ3) is 14.0. The van der Waals surface area contributed by atoms with Gasteiger partial charge in [0.15, 0.2) is 12.5 Å². The summed E-state index contributed by atoms with van der Waals surface area (Å²) in [4.78, 5) is 13.2. The van der Waals surface area contributed by atoms with Crippen LogP contribution in [0, 0.1) is 0 Å². The largest absolute Gasteiger partial charge is 0.514 e. The average Bonchev–Trinajstić information content (AvgIpc) is 2.26. The first-order valence-electron chi connectivity index (χ1n) is 29.8. The van der Waals surface area contributed by atoms with E-state index in [-0.39, 0.29) is 37.0 Å². The van der Waals surface area contributed by atoms with Crippen molar-refractivity contribution in [2.75, 3.05) is 44.1 Å². The van der Waals surface area contributed by atoms with Crippen LogP contribution in [0.4, 0.5) is 17.5 Å². The van der Waals surface area contributed by atoms with Gasteiger partial charge >= 0.3 is 7.12 Å². The number of nitrogens with one attached hydrogen (secondary N) is 2. The Kier molecular flexibility index (Phi) is 19.5. The van der Waals surface area contributed by atoms with Gasteiger partial charge < -0.3 is 45.8 Å². The number of fused-ring (bicyclic) bond motifs is 3. The second-order valence-electron chi connectivity index (χ2n) is 22.9. The fraction of sp³-hybridized carbons (Fsp3) is 0.344. The highest BCUT2D eigenvalue weighted by molar-refractivity contribution is 9.10. The van der Waals surface area contributed by atoms with Crippen LogP contribution in [0.3, 0.4) is 0 Å². The maximum Gasteiger partial charge on any atom is 0.514 e. The van der Waals surface area contributed by atoms with E-state index in [1.165, 1.54) is 6.42 Å². The Hall–Kier alpha value is -8.07. The lowest BCUT2D eigenvalue weighted by Crippen LogP contribution is -2.42. The third-order valence-electron chi connectivity index (χ3n) is 16.4. The number of aliphatic hydroxyl groups is 1. The summed E-state index contributed by atoms with van der Waals surface area (Å²) in [5.41, 5.74) is 28.5. The minimum Gasteiger partial charge on any atom is -0.400 e. The van der Waals surface area contributed by atoms with Crippen molar-refractivity contribution >= 4 is 90.4 Å². The van der Waals surface area contributed by atoms with E-state index in [1.807, 2.05) is 105 Å². The minimum absolute atomic E-state index is 0.00720. The molecule has 15 rings (SSSR count). The molecular formula is C64H73BBrClN16O6. The van der Waals surface area contributed by atoms with E-state index < -0.39 is 0 Å². The highest BCUT2D eigenvalue weighted by Crippen LogP contribution is 2.39. The molecule has 3 aromatic carbocycles. The van der Waals surface area contributed by atoms with Crippen LogP contribution in [0.2, 0.25) is 5.02 Å². The van der Waals surface area contributed by atoms with Gasteiger partial charge in [-0.25, -0.2) is 29.0 Å². The summed E-state index contributed by atoms with van der Waals surface area (Å²) in [6, 6.07) is 33.4. The Morgan fingerprint density at radius 1 is 0.517 bits per heavy atom. The number of hydrogen-bond donors (Lipinski definition) is 6. The Morgan fingerprint density at radius 3 is 1.56 bits per heavy atom. The normalized spacial score (nSPS) is 18.7. The van der Waals surface area contributed by atoms with Gasteiger partial charge in [0.05, 0.1) is 61.1 Å². The molecule has 3 unspecified atom stereocenters.